The Morgan fingerprint density at radius 2 is 2.29 bits per heavy atom. The van der Waals surface area contributed by atoms with E-state index in [0.29, 0.717) is 12.1 Å². The molecule has 1 heterocycles. The van der Waals surface area contributed by atoms with Crippen LogP contribution in [0.3, 0.4) is 0 Å². The summed E-state index contributed by atoms with van der Waals surface area (Å²) < 4.78 is 5.59. The molecule has 1 rings (SSSR count). The van der Waals surface area contributed by atoms with Crippen LogP contribution in [0.25, 0.3) is 0 Å². The van der Waals surface area contributed by atoms with Crippen molar-refractivity contribution < 1.29 is 4.74 Å². The highest BCUT2D eigenvalue weighted by atomic mass is 16.5. The lowest BCUT2D eigenvalue weighted by Crippen LogP contribution is -2.36. The Morgan fingerprint density at radius 1 is 1.50 bits per heavy atom. The fraction of sp³-hybridized carbons (Fsp3) is 1.00. The third-order valence-electron chi connectivity index (χ3n) is 2.59. The average molecular weight is 200 g/mol. The number of rotatable bonds is 6. The molecule has 1 atom stereocenters. The van der Waals surface area contributed by atoms with Gasteiger partial charge in [0.1, 0.15) is 0 Å². The molecule has 14 heavy (non-hydrogen) atoms. The minimum Gasteiger partial charge on any atom is -0.377 e. The molecule has 1 aliphatic heterocycles. The van der Waals surface area contributed by atoms with Gasteiger partial charge in [0.05, 0.1) is 6.10 Å². The van der Waals surface area contributed by atoms with Gasteiger partial charge in [0.25, 0.3) is 0 Å². The lowest BCUT2D eigenvalue weighted by atomic mass is 10.2. The highest BCUT2D eigenvalue weighted by Gasteiger charge is 2.16. The van der Waals surface area contributed by atoms with Crippen molar-refractivity contribution >= 4 is 0 Å². The zero-order valence-electron chi connectivity index (χ0n) is 9.75. The Balaban J connectivity index is 2.00. The molecule has 0 aromatic heterocycles. The summed E-state index contributed by atoms with van der Waals surface area (Å²) in [6, 6.07) is 0.589. The molecule has 1 aliphatic rings. The van der Waals surface area contributed by atoms with Gasteiger partial charge in [-0.25, -0.2) is 0 Å². The smallest absolute Gasteiger partial charge is 0.0702 e. The zero-order chi connectivity index (χ0) is 10.4. The second kappa shape index (κ2) is 6.38. The zero-order valence-corrected chi connectivity index (χ0v) is 9.75. The maximum Gasteiger partial charge on any atom is 0.0702 e. The molecular formula is C11H24N2O. The van der Waals surface area contributed by atoms with Crippen LogP contribution in [0.2, 0.25) is 0 Å². The van der Waals surface area contributed by atoms with E-state index in [-0.39, 0.29) is 0 Å². The molecule has 0 radical (unpaired) electrons. The average Bonchev–Trinajstić information content (AvgIpc) is 2.56. The number of hydrogen-bond acceptors (Lipinski definition) is 3. The highest BCUT2D eigenvalue weighted by molar-refractivity contribution is 4.69. The van der Waals surface area contributed by atoms with Crippen LogP contribution in [0.1, 0.15) is 26.7 Å². The maximum absolute atomic E-state index is 5.59. The van der Waals surface area contributed by atoms with Crippen molar-refractivity contribution in [1.82, 2.24) is 10.2 Å². The molecule has 3 heteroatoms. The van der Waals surface area contributed by atoms with Gasteiger partial charge >= 0.3 is 0 Å². The molecule has 0 bridgehead atoms. The van der Waals surface area contributed by atoms with Crippen molar-refractivity contribution in [2.75, 3.05) is 33.3 Å². The summed E-state index contributed by atoms with van der Waals surface area (Å²) in [6.07, 6.45) is 2.96. The van der Waals surface area contributed by atoms with E-state index in [1.807, 2.05) is 0 Å². The van der Waals surface area contributed by atoms with Gasteiger partial charge in [-0.1, -0.05) is 13.8 Å². The van der Waals surface area contributed by atoms with Crippen LogP contribution >= 0.6 is 0 Å². The maximum atomic E-state index is 5.59. The summed E-state index contributed by atoms with van der Waals surface area (Å²) in [5.41, 5.74) is 0. The number of ether oxygens (including phenoxy) is 1. The quantitative estimate of drug-likeness (QED) is 0.695. The third-order valence-corrected chi connectivity index (χ3v) is 2.59. The number of hydrogen-bond donors (Lipinski definition) is 1. The molecule has 1 fully saturated rings. The predicted molar refractivity (Wildman–Crippen MR) is 59.6 cm³/mol. The second-order valence-electron chi connectivity index (χ2n) is 4.51. The summed E-state index contributed by atoms with van der Waals surface area (Å²) in [5, 5.41) is 3.42. The second-order valence-corrected chi connectivity index (χ2v) is 4.51. The first-order valence-corrected chi connectivity index (χ1v) is 5.72. The lowest BCUT2D eigenvalue weighted by molar-refractivity contribution is 0.0814. The minimum atomic E-state index is 0.485. The highest BCUT2D eigenvalue weighted by Crippen LogP contribution is 2.12. The van der Waals surface area contributed by atoms with Gasteiger partial charge in [-0.15, -0.1) is 0 Å². The summed E-state index contributed by atoms with van der Waals surface area (Å²) >= 11 is 0. The first kappa shape index (κ1) is 12.0. The van der Waals surface area contributed by atoms with E-state index in [1.54, 1.807) is 0 Å². The van der Waals surface area contributed by atoms with E-state index in [2.05, 4.69) is 31.1 Å². The van der Waals surface area contributed by atoms with Gasteiger partial charge in [-0.2, -0.15) is 0 Å². The van der Waals surface area contributed by atoms with Crippen LogP contribution in [0.4, 0.5) is 0 Å². The number of nitrogens with zero attached hydrogens (tertiary/aromatic N) is 1. The molecule has 0 unspecified atom stereocenters. The fourth-order valence-electron chi connectivity index (χ4n) is 1.77. The Morgan fingerprint density at radius 3 is 2.86 bits per heavy atom. The van der Waals surface area contributed by atoms with Crippen LogP contribution in [-0.2, 0) is 4.74 Å². The van der Waals surface area contributed by atoms with E-state index < -0.39 is 0 Å². The van der Waals surface area contributed by atoms with E-state index in [9.17, 15) is 0 Å². The Kier molecular flexibility index (Phi) is 5.45. The summed E-state index contributed by atoms with van der Waals surface area (Å²) in [7, 11) is 2.17. The van der Waals surface area contributed by atoms with Crippen LogP contribution < -0.4 is 5.32 Å². The van der Waals surface area contributed by atoms with Crippen LogP contribution in [0.15, 0.2) is 0 Å². The molecule has 0 aromatic rings. The number of nitrogens with one attached hydrogen (secondary N) is 1. The molecular weight excluding hydrogens is 176 g/mol. The van der Waals surface area contributed by atoms with Gasteiger partial charge in [0, 0.05) is 32.3 Å². The van der Waals surface area contributed by atoms with Gasteiger partial charge in [0.15, 0.2) is 0 Å². The van der Waals surface area contributed by atoms with Crippen molar-refractivity contribution in [3.8, 4) is 0 Å². The van der Waals surface area contributed by atoms with Gasteiger partial charge in [0.2, 0.25) is 0 Å². The van der Waals surface area contributed by atoms with Gasteiger partial charge in [-0.3, -0.25) is 0 Å². The van der Waals surface area contributed by atoms with E-state index in [1.165, 1.54) is 12.8 Å². The molecule has 3 nitrogen and oxygen atoms in total. The Hall–Kier alpha value is -0.120. The predicted octanol–water partition coefficient (Wildman–Crippen LogP) is 1.10. The molecule has 1 N–H and O–H groups in total. The standard InChI is InChI=1S/C11H24N2O/c1-10(2)12-6-7-13(3)9-11-5-4-8-14-11/h10-12H,4-9H2,1-3H3/t11-/m1/s1. The first-order chi connectivity index (χ1) is 6.68. The van der Waals surface area contributed by atoms with Crippen LogP contribution in [0, 0.1) is 0 Å². The largest absolute Gasteiger partial charge is 0.377 e. The lowest BCUT2D eigenvalue weighted by Gasteiger charge is -2.21. The normalized spacial score (nSPS) is 22.5. The van der Waals surface area contributed by atoms with Crippen molar-refractivity contribution in [2.24, 2.45) is 0 Å². The molecule has 0 amide bonds. The minimum absolute atomic E-state index is 0.485. The first-order valence-electron chi connectivity index (χ1n) is 5.72. The van der Waals surface area contributed by atoms with Crippen molar-refractivity contribution in [3.63, 3.8) is 0 Å². The topological polar surface area (TPSA) is 24.5 Å². The van der Waals surface area contributed by atoms with E-state index in [0.717, 1.165) is 26.2 Å². The molecule has 0 aromatic carbocycles. The summed E-state index contributed by atoms with van der Waals surface area (Å²) in [5.74, 6) is 0. The van der Waals surface area contributed by atoms with Gasteiger partial charge < -0.3 is 15.0 Å². The van der Waals surface area contributed by atoms with Crippen molar-refractivity contribution in [3.05, 3.63) is 0 Å². The molecule has 0 saturated carbocycles. The summed E-state index contributed by atoms with van der Waals surface area (Å²) in [4.78, 5) is 2.35. The Bertz CT molecular complexity index is 144. The van der Waals surface area contributed by atoms with Crippen molar-refractivity contribution in [1.29, 1.82) is 0 Å². The SMILES string of the molecule is CC(C)NCCN(C)C[C@H]1CCCO1. The molecule has 1 saturated heterocycles. The molecule has 0 aliphatic carbocycles. The Labute approximate surface area is 87.8 Å². The molecule has 0 spiro atoms. The third kappa shape index (κ3) is 4.94. The monoisotopic (exact) mass is 200 g/mol. The van der Waals surface area contributed by atoms with E-state index >= 15 is 0 Å². The van der Waals surface area contributed by atoms with Crippen LogP contribution in [-0.4, -0.2) is 50.3 Å². The van der Waals surface area contributed by atoms with Crippen LogP contribution in [0.5, 0.6) is 0 Å². The number of likely N-dealkylation sites (N-methyl/N-ethyl adjacent to an activating group) is 1. The summed E-state index contributed by atoms with van der Waals surface area (Å²) in [6.45, 7) is 8.58. The van der Waals surface area contributed by atoms with E-state index in [4.69, 9.17) is 4.74 Å². The van der Waals surface area contributed by atoms with Crippen molar-refractivity contribution in [2.45, 2.75) is 38.8 Å². The van der Waals surface area contributed by atoms with Gasteiger partial charge in [-0.05, 0) is 19.9 Å². The molecule has 84 valence electrons. The fourth-order valence-corrected chi connectivity index (χ4v) is 1.77.